The Morgan fingerprint density at radius 2 is 2.38 bits per heavy atom. The fraction of sp³-hybridized carbons (Fsp3) is 0.500. The van der Waals surface area contributed by atoms with Crippen molar-refractivity contribution in [3.8, 4) is 0 Å². The van der Waals surface area contributed by atoms with Crippen molar-refractivity contribution in [2.75, 3.05) is 17.3 Å². The van der Waals surface area contributed by atoms with E-state index in [4.69, 9.17) is 0 Å². The number of aryl methyl sites for hydroxylation is 1. The molecule has 1 heterocycles. The van der Waals surface area contributed by atoms with Gasteiger partial charge in [-0.05, 0) is 25.7 Å². The summed E-state index contributed by atoms with van der Waals surface area (Å²) in [6.07, 6.45) is 3.62. The Hall–Kier alpha value is -1.30. The van der Waals surface area contributed by atoms with Crippen LogP contribution in [0.4, 0.5) is 11.5 Å². The molecular weight excluding hydrogens is 226 g/mol. The van der Waals surface area contributed by atoms with Crippen molar-refractivity contribution in [2.24, 2.45) is 0 Å². The zero-order chi connectivity index (χ0) is 12.1. The summed E-state index contributed by atoms with van der Waals surface area (Å²) in [4.78, 5) is 14.5. The first-order valence-electron chi connectivity index (χ1n) is 4.91. The molecule has 0 fully saturated rings. The lowest BCUT2D eigenvalue weighted by Gasteiger charge is -2.13. The van der Waals surface area contributed by atoms with E-state index in [2.05, 4.69) is 10.3 Å². The predicted octanol–water partition coefficient (Wildman–Crippen LogP) is 2.46. The number of rotatable bonds is 5. The Kier molecular flexibility index (Phi) is 4.54. The molecule has 16 heavy (non-hydrogen) atoms. The van der Waals surface area contributed by atoms with Gasteiger partial charge in [0.1, 0.15) is 0 Å². The monoisotopic (exact) mass is 241 g/mol. The van der Waals surface area contributed by atoms with Gasteiger partial charge in [-0.3, -0.25) is 10.1 Å². The molecule has 1 rings (SSSR count). The highest BCUT2D eigenvalue weighted by Crippen LogP contribution is 2.23. The molecule has 88 valence electrons. The first kappa shape index (κ1) is 12.8. The summed E-state index contributed by atoms with van der Waals surface area (Å²) in [6, 6.07) is 1.69. The molecule has 0 spiro atoms. The third kappa shape index (κ3) is 3.37. The minimum Gasteiger partial charge on any atom is -0.361 e. The molecule has 0 aliphatic heterocycles. The van der Waals surface area contributed by atoms with Crippen LogP contribution in [0.25, 0.3) is 0 Å². The molecule has 0 aliphatic carbocycles. The van der Waals surface area contributed by atoms with E-state index in [1.165, 1.54) is 6.07 Å². The molecular formula is C10H15N3O2S. The summed E-state index contributed by atoms with van der Waals surface area (Å²) in [7, 11) is 0. The number of thioether (sulfide) groups is 1. The third-order valence-corrected chi connectivity index (χ3v) is 2.83. The molecule has 0 saturated heterocycles. The van der Waals surface area contributed by atoms with Gasteiger partial charge < -0.3 is 5.32 Å². The van der Waals surface area contributed by atoms with Gasteiger partial charge in [0, 0.05) is 24.1 Å². The SMILES string of the molecule is CSCC(C)Nc1ncc(C)cc1[N+](=O)[O-]. The number of hydrogen-bond acceptors (Lipinski definition) is 5. The molecule has 0 saturated carbocycles. The number of hydrogen-bond donors (Lipinski definition) is 1. The fourth-order valence-corrected chi connectivity index (χ4v) is 1.91. The van der Waals surface area contributed by atoms with E-state index in [0.717, 1.165) is 11.3 Å². The standard InChI is InChI=1S/C10H15N3O2S/c1-7-4-9(13(14)15)10(11-5-7)12-8(2)6-16-3/h4-5,8H,6H2,1-3H3,(H,11,12). The Morgan fingerprint density at radius 3 is 2.94 bits per heavy atom. The van der Waals surface area contributed by atoms with Gasteiger partial charge in [-0.15, -0.1) is 0 Å². The summed E-state index contributed by atoms with van der Waals surface area (Å²) >= 11 is 1.69. The van der Waals surface area contributed by atoms with Crippen LogP contribution in [0.1, 0.15) is 12.5 Å². The largest absolute Gasteiger partial charge is 0.361 e. The van der Waals surface area contributed by atoms with Gasteiger partial charge in [-0.1, -0.05) is 0 Å². The molecule has 0 radical (unpaired) electrons. The van der Waals surface area contributed by atoms with Crippen LogP contribution < -0.4 is 5.32 Å². The zero-order valence-electron chi connectivity index (χ0n) is 9.56. The van der Waals surface area contributed by atoms with Crippen LogP contribution in [0.2, 0.25) is 0 Å². The highest BCUT2D eigenvalue weighted by molar-refractivity contribution is 7.98. The topological polar surface area (TPSA) is 68.1 Å². The normalized spacial score (nSPS) is 12.2. The van der Waals surface area contributed by atoms with Crippen LogP contribution in [0.5, 0.6) is 0 Å². The van der Waals surface area contributed by atoms with Gasteiger partial charge in [-0.25, -0.2) is 4.98 Å². The molecule has 0 bridgehead atoms. The first-order chi connectivity index (χ1) is 7.54. The Morgan fingerprint density at radius 1 is 1.69 bits per heavy atom. The van der Waals surface area contributed by atoms with Crippen molar-refractivity contribution < 1.29 is 4.92 Å². The van der Waals surface area contributed by atoms with E-state index in [1.807, 2.05) is 13.2 Å². The highest BCUT2D eigenvalue weighted by Gasteiger charge is 2.16. The second kappa shape index (κ2) is 5.69. The smallest absolute Gasteiger partial charge is 0.311 e. The average Bonchev–Trinajstić information content (AvgIpc) is 2.20. The summed E-state index contributed by atoms with van der Waals surface area (Å²) in [5.74, 6) is 1.23. The Balaban J connectivity index is 2.90. The minimum absolute atomic E-state index is 0.0351. The van der Waals surface area contributed by atoms with Crippen LogP contribution in [0, 0.1) is 17.0 Å². The summed E-state index contributed by atoms with van der Waals surface area (Å²) < 4.78 is 0. The number of nitro groups is 1. The van der Waals surface area contributed by atoms with E-state index in [-0.39, 0.29) is 11.7 Å². The summed E-state index contributed by atoms with van der Waals surface area (Å²) in [5, 5.41) is 13.9. The van der Waals surface area contributed by atoms with Crippen molar-refractivity contribution in [3.05, 3.63) is 27.9 Å². The third-order valence-electron chi connectivity index (χ3n) is 2.00. The van der Waals surface area contributed by atoms with Crippen molar-refractivity contribution in [1.29, 1.82) is 0 Å². The highest BCUT2D eigenvalue weighted by atomic mass is 32.2. The second-order valence-electron chi connectivity index (χ2n) is 3.64. The predicted molar refractivity (Wildman–Crippen MR) is 67.1 cm³/mol. The molecule has 5 nitrogen and oxygen atoms in total. The first-order valence-corrected chi connectivity index (χ1v) is 6.30. The van der Waals surface area contributed by atoms with Gasteiger partial charge in [0.25, 0.3) is 0 Å². The quantitative estimate of drug-likeness (QED) is 0.633. The zero-order valence-corrected chi connectivity index (χ0v) is 10.4. The number of nitrogens with one attached hydrogen (secondary N) is 1. The van der Waals surface area contributed by atoms with E-state index < -0.39 is 4.92 Å². The van der Waals surface area contributed by atoms with Crippen LogP contribution >= 0.6 is 11.8 Å². The molecule has 1 atom stereocenters. The lowest BCUT2D eigenvalue weighted by atomic mass is 10.2. The van der Waals surface area contributed by atoms with Crippen LogP contribution in [0.15, 0.2) is 12.3 Å². The molecule has 1 N–H and O–H groups in total. The molecule has 1 aromatic heterocycles. The summed E-state index contributed by atoms with van der Waals surface area (Å²) in [5.41, 5.74) is 0.822. The van der Waals surface area contributed by atoms with Gasteiger partial charge in [0.15, 0.2) is 0 Å². The van der Waals surface area contributed by atoms with Crippen LogP contribution in [0.3, 0.4) is 0 Å². The molecule has 0 aliphatic rings. The molecule has 0 amide bonds. The second-order valence-corrected chi connectivity index (χ2v) is 4.55. The van der Waals surface area contributed by atoms with Crippen molar-refractivity contribution in [3.63, 3.8) is 0 Å². The fourth-order valence-electron chi connectivity index (χ4n) is 1.33. The van der Waals surface area contributed by atoms with Crippen molar-refractivity contribution >= 4 is 23.3 Å². The van der Waals surface area contributed by atoms with E-state index >= 15 is 0 Å². The van der Waals surface area contributed by atoms with Gasteiger partial charge in [0.05, 0.1) is 4.92 Å². The molecule has 0 aromatic carbocycles. The van der Waals surface area contributed by atoms with E-state index in [9.17, 15) is 10.1 Å². The van der Waals surface area contributed by atoms with Gasteiger partial charge in [0.2, 0.25) is 5.82 Å². The lowest BCUT2D eigenvalue weighted by molar-refractivity contribution is -0.384. The van der Waals surface area contributed by atoms with E-state index in [1.54, 1.807) is 24.9 Å². The van der Waals surface area contributed by atoms with Crippen molar-refractivity contribution in [2.45, 2.75) is 19.9 Å². The minimum atomic E-state index is -0.409. The Bertz CT molecular complexity index is 384. The van der Waals surface area contributed by atoms with Gasteiger partial charge in [-0.2, -0.15) is 11.8 Å². The molecule has 6 heteroatoms. The molecule has 1 unspecified atom stereocenters. The Labute approximate surface area is 98.8 Å². The number of pyridine rings is 1. The van der Waals surface area contributed by atoms with Crippen LogP contribution in [-0.4, -0.2) is 28.0 Å². The molecule has 1 aromatic rings. The number of aromatic nitrogens is 1. The van der Waals surface area contributed by atoms with Crippen molar-refractivity contribution in [1.82, 2.24) is 4.98 Å². The van der Waals surface area contributed by atoms with Gasteiger partial charge >= 0.3 is 5.69 Å². The number of nitrogens with zero attached hydrogens (tertiary/aromatic N) is 2. The maximum atomic E-state index is 10.8. The number of anilines is 1. The van der Waals surface area contributed by atoms with Crippen LogP contribution in [-0.2, 0) is 0 Å². The maximum Gasteiger partial charge on any atom is 0.311 e. The average molecular weight is 241 g/mol. The lowest BCUT2D eigenvalue weighted by Crippen LogP contribution is -2.19. The maximum absolute atomic E-state index is 10.8. The summed E-state index contributed by atoms with van der Waals surface area (Å²) in [6.45, 7) is 3.76. The van der Waals surface area contributed by atoms with E-state index in [0.29, 0.717) is 5.82 Å².